The minimum Gasteiger partial charge on any atom is -0.493 e. The molecule has 1 aliphatic heterocycles. The molecule has 6 nitrogen and oxygen atoms in total. The number of benzene rings is 1. The highest BCUT2D eigenvalue weighted by Crippen LogP contribution is 2.38. The summed E-state index contributed by atoms with van der Waals surface area (Å²) in [6, 6.07) is 7.26. The SMILES string of the molecule is Cc1noc(C)c1S(=O)(=O)N(C)C1CCOc2ccccc21. The lowest BCUT2D eigenvalue weighted by molar-refractivity contribution is 0.220. The van der Waals surface area contributed by atoms with Crippen molar-refractivity contribution in [2.24, 2.45) is 0 Å². The Kier molecular flexibility index (Phi) is 3.70. The van der Waals surface area contributed by atoms with Gasteiger partial charge in [0.2, 0.25) is 10.0 Å². The van der Waals surface area contributed by atoms with Gasteiger partial charge in [-0.3, -0.25) is 0 Å². The smallest absolute Gasteiger partial charge is 0.248 e. The number of aromatic nitrogens is 1. The van der Waals surface area contributed by atoms with E-state index in [1.807, 2.05) is 24.3 Å². The van der Waals surface area contributed by atoms with E-state index in [2.05, 4.69) is 5.16 Å². The lowest BCUT2D eigenvalue weighted by Gasteiger charge is -2.32. The third kappa shape index (κ3) is 2.30. The molecule has 0 saturated carbocycles. The molecule has 0 bridgehead atoms. The van der Waals surface area contributed by atoms with Gasteiger partial charge in [0.15, 0.2) is 5.76 Å². The molecule has 0 aliphatic carbocycles. The van der Waals surface area contributed by atoms with Crippen molar-refractivity contribution in [2.75, 3.05) is 13.7 Å². The van der Waals surface area contributed by atoms with Crippen molar-refractivity contribution >= 4 is 10.0 Å². The summed E-state index contributed by atoms with van der Waals surface area (Å²) < 4.78 is 37.9. The van der Waals surface area contributed by atoms with Gasteiger partial charge in [0.1, 0.15) is 16.3 Å². The Hall–Kier alpha value is -1.86. The summed E-state index contributed by atoms with van der Waals surface area (Å²) in [5, 5.41) is 3.75. The molecule has 1 aliphatic rings. The Morgan fingerprint density at radius 2 is 2.00 bits per heavy atom. The van der Waals surface area contributed by atoms with Crippen LogP contribution in [0.5, 0.6) is 5.75 Å². The van der Waals surface area contributed by atoms with Crippen LogP contribution in [-0.2, 0) is 10.0 Å². The first-order valence-corrected chi connectivity index (χ1v) is 8.49. The fourth-order valence-electron chi connectivity index (χ4n) is 2.86. The summed E-state index contributed by atoms with van der Waals surface area (Å²) >= 11 is 0. The summed E-state index contributed by atoms with van der Waals surface area (Å²) in [6.45, 7) is 3.73. The first-order valence-electron chi connectivity index (χ1n) is 7.05. The van der Waals surface area contributed by atoms with Crippen molar-refractivity contribution in [3.8, 4) is 5.75 Å². The van der Waals surface area contributed by atoms with Crippen LogP contribution < -0.4 is 4.74 Å². The van der Waals surface area contributed by atoms with Gasteiger partial charge in [-0.2, -0.15) is 4.31 Å². The number of ether oxygens (including phenoxy) is 1. The van der Waals surface area contributed by atoms with Gasteiger partial charge in [-0.1, -0.05) is 23.4 Å². The third-order valence-corrected chi connectivity index (χ3v) is 6.08. The molecule has 0 amide bonds. The number of sulfonamides is 1. The van der Waals surface area contributed by atoms with Crippen LogP contribution >= 0.6 is 0 Å². The monoisotopic (exact) mass is 322 g/mol. The van der Waals surface area contributed by atoms with E-state index in [-0.39, 0.29) is 10.9 Å². The lowest BCUT2D eigenvalue weighted by atomic mass is 10.0. The average Bonchev–Trinajstić information content (AvgIpc) is 2.85. The first-order chi connectivity index (χ1) is 10.4. The van der Waals surface area contributed by atoms with Crippen LogP contribution in [0.15, 0.2) is 33.7 Å². The highest BCUT2D eigenvalue weighted by molar-refractivity contribution is 7.89. The molecule has 1 atom stereocenters. The number of hydrogen-bond acceptors (Lipinski definition) is 5. The average molecular weight is 322 g/mol. The van der Waals surface area contributed by atoms with E-state index in [1.165, 1.54) is 4.31 Å². The molecule has 22 heavy (non-hydrogen) atoms. The number of aryl methyl sites for hydroxylation is 2. The number of rotatable bonds is 3. The molecule has 0 saturated heterocycles. The Labute approximate surface area is 129 Å². The second kappa shape index (κ2) is 5.40. The fourth-order valence-corrected chi connectivity index (χ4v) is 4.51. The van der Waals surface area contributed by atoms with Gasteiger partial charge in [0.05, 0.1) is 12.6 Å². The van der Waals surface area contributed by atoms with Crippen LogP contribution in [0.4, 0.5) is 0 Å². The molecule has 0 spiro atoms. The predicted octanol–water partition coefficient (Wildman–Crippen LogP) is 2.44. The molecular formula is C15H18N2O4S. The van der Waals surface area contributed by atoms with Crippen molar-refractivity contribution in [1.29, 1.82) is 0 Å². The van der Waals surface area contributed by atoms with E-state index in [9.17, 15) is 8.42 Å². The second-order valence-electron chi connectivity index (χ2n) is 5.37. The minimum absolute atomic E-state index is 0.152. The standard InChI is InChI=1S/C15H18N2O4S/c1-10-15(11(2)21-16-10)22(18,19)17(3)13-8-9-20-14-7-5-4-6-12(13)14/h4-7,13H,8-9H2,1-3H3. The number of fused-ring (bicyclic) bond motifs is 1. The largest absolute Gasteiger partial charge is 0.493 e. The molecule has 1 unspecified atom stereocenters. The maximum Gasteiger partial charge on any atom is 0.248 e. The zero-order chi connectivity index (χ0) is 15.9. The Morgan fingerprint density at radius 3 is 2.68 bits per heavy atom. The summed E-state index contributed by atoms with van der Waals surface area (Å²) in [5.41, 5.74) is 1.26. The highest BCUT2D eigenvalue weighted by atomic mass is 32.2. The van der Waals surface area contributed by atoms with Crippen molar-refractivity contribution in [1.82, 2.24) is 9.46 Å². The topological polar surface area (TPSA) is 72.6 Å². The maximum absolute atomic E-state index is 12.9. The Morgan fingerprint density at radius 1 is 1.27 bits per heavy atom. The third-order valence-electron chi connectivity index (χ3n) is 3.97. The number of para-hydroxylation sites is 1. The van der Waals surface area contributed by atoms with Gasteiger partial charge >= 0.3 is 0 Å². The summed E-state index contributed by atoms with van der Waals surface area (Å²) in [7, 11) is -2.09. The van der Waals surface area contributed by atoms with Crippen LogP contribution in [0.1, 0.15) is 29.5 Å². The molecule has 0 N–H and O–H groups in total. The Bertz CT molecular complexity index is 778. The highest BCUT2D eigenvalue weighted by Gasteiger charge is 2.36. The fraction of sp³-hybridized carbons (Fsp3) is 0.400. The van der Waals surface area contributed by atoms with Crippen LogP contribution in [0.3, 0.4) is 0 Å². The maximum atomic E-state index is 12.9. The van der Waals surface area contributed by atoms with Crippen molar-refractivity contribution in [2.45, 2.75) is 31.2 Å². The molecule has 1 aromatic carbocycles. The molecule has 3 rings (SSSR count). The van der Waals surface area contributed by atoms with Crippen LogP contribution in [0.2, 0.25) is 0 Å². The zero-order valence-electron chi connectivity index (χ0n) is 12.7. The van der Waals surface area contributed by atoms with Crippen molar-refractivity contribution in [3.63, 3.8) is 0 Å². The first kappa shape index (κ1) is 15.1. The van der Waals surface area contributed by atoms with E-state index < -0.39 is 10.0 Å². The van der Waals surface area contributed by atoms with Crippen LogP contribution in [0.25, 0.3) is 0 Å². The summed E-state index contributed by atoms with van der Waals surface area (Å²) in [5.74, 6) is 1.05. The van der Waals surface area contributed by atoms with E-state index in [4.69, 9.17) is 9.26 Å². The minimum atomic E-state index is -3.68. The van der Waals surface area contributed by atoms with Crippen LogP contribution in [-0.4, -0.2) is 31.5 Å². The van der Waals surface area contributed by atoms with Crippen molar-refractivity contribution < 1.29 is 17.7 Å². The molecule has 1 aromatic heterocycles. The van der Waals surface area contributed by atoms with Gasteiger partial charge in [0.25, 0.3) is 0 Å². The quantitative estimate of drug-likeness (QED) is 0.868. The van der Waals surface area contributed by atoms with Crippen LogP contribution in [0, 0.1) is 13.8 Å². The summed E-state index contributed by atoms with van der Waals surface area (Å²) in [6.07, 6.45) is 0.607. The van der Waals surface area contributed by atoms with Gasteiger partial charge in [0, 0.05) is 19.0 Å². The normalized spacial score (nSPS) is 18.1. The van der Waals surface area contributed by atoms with E-state index in [1.54, 1.807) is 20.9 Å². The number of nitrogens with zero attached hydrogens (tertiary/aromatic N) is 2. The van der Waals surface area contributed by atoms with E-state index in [0.29, 0.717) is 24.5 Å². The molecule has 0 fully saturated rings. The number of hydrogen-bond donors (Lipinski definition) is 0. The van der Waals surface area contributed by atoms with Gasteiger partial charge < -0.3 is 9.26 Å². The summed E-state index contributed by atoms with van der Waals surface area (Å²) in [4.78, 5) is 0.152. The van der Waals surface area contributed by atoms with Crippen molar-refractivity contribution in [3.05, 3.63) is 41.3 Å². The molecule has 0 radical (unpaired) electrons. The molecule has 7 heteroatoms. The van der Waals surface area contributed by atoms with Gasteiger partial charge in [-0.25, -0.2) is 8.42 Å². The molecule has 118 valence electrons. The van der Waals surface area contributed by atoms with E-state index >= 15 is 0 Å². The van der Waals surface area contributed by atoms with Gasteiger partial charge in [-0.15, -0.1) is 0 Å². The Balaban J connectivity index is 2.03. The second-order valence-corrected chi connectivity index (χ2v) is 7.30. The predicted molar refractivity (Wildman–Crippen MR) is 80.2 cm³/mol. The molecular weight excluding hydrogens is 304 g/mol. The van der Waals surface area contributed by atoms with Gasteiger partial charge in [-0.05, 0) is 19.9 Å². The molecule has 2 heterocycles. The van der Waals surface area contributed by atoms with E-state index in [0.717, 1.165) is 11.3 Å². The molecule has 2 aromatic rings. The zero-order valence-corrected chi connectivity index (χ0v) is 13.6. The lowest BCUT2D eigenvalue weighted by Crippen LogP contribution is -2.34.